The third-order valence-electron chi connectivity index (χ3n) is 4.90. The standard InChI is InChI=1S/C23H21FN4O2S/c1-3-28-18-10-5-4-9-17(18)26-19(28)13-25-23(30)21-14(2)11-20(31-21)27-22(29)15-7-6-8-16(24)12-15/h4-12H,3,13H2,1-2H3,(H,25,30)(H,27,29). The van der Waals surface area contributed by atoms with Crippen LogP contribution in [-0.4, -0.2) is 21.4 Å². The molecule has 158 valence electrons. The molecule has 0 aliphatic rings. The molecule has 0 bridgehead atoms. The third kappa shape index (κ3) is 4.34. The van der Waals surface area contributed by atoms with Crippen LogP contribution in [0.3, 0.4) is 0 Å². The van der Waals surface area contributed by atoms with Crippen LogP contribution in [0.15, 0.2) is 54.6 Å². The van der Waals surface area contributed by atoms with Gasteiger partial charge in [0.1, 0.15) is 11.6 Å². The van der Waals surface area contributed by atoms with Gasteiger partial charge in [0.05, 0.1) is 27.5 Å². The van der Waals surface area contributed by atoms with Crippen LogP contribution in [0.25, 0.3) is 11.0 Å². The predicted molar refractivity (Wildman–Crippen MR) is 120 cm³/mol. The summed E-state index contributed by atoms with van der Waals surface area (Å²) in [6, 6.07) is 15.1. The molecule has 0 atom stereocenters. The number of anilines is 1. The largest absolute Gasteiger partial charge is 0.344 e. The first kappa shape index (κ1) is 20.7. The van der Waals surface area contributed by atoms with E-state index in [0.717, 1.165) is 29.0 Å². The Morgan fingerprint density at radius 3 is 2.68 bits per heavy atom. The van der Waals surface area contributed by atoms with E-state index in [2.05, 4.69) is 20.2 Å². The molecular formula is C23H21FN4O2S. The van der Waals surface area contributed by atoms with E-state index in [4.69, 9.17) is 0 Å². The van der Waals surface area contributed by atoms with Crippen LogP contribution in [-0.2, 0) is 13.1 Å². The summed E-state index contributed by atoms with van der Waals surface area (Å²) < 4.78 is 15.4. The lowest BCUT2D eigenvalue weighted by Crippen LogP contribution is -2.24. The molecule has 4 rings (SSSR count). The second kappa shape index (κ2) is 8.69. The van der Waals surface area contributed by atoms with E-state index in [9.17, 15) is 14.0 Å². The predicted octanol–water partition coefficient (Wildman–Crippen LogP) is 4.75. The molecule has 2 aromatic heterocycles. The number of para-hydroxylation sites is 2. The molecule has 4 aromatic rings. The van der Waals surface area contributed by atoms with Gasteiger partial charge in [0.25, 0.3) is 11.8 Å². The molecule has 31 heavy (non-hydrogen) atoms. The molecule has 2 N–H and O–H groups in total. The number of fused-ring (bicyclic) bond motifs is 1. The Hall–Kier alpha value is -3.52. The third-order valence-corrected chi connectivity index (χ3v) is 6.06. The van der Waals surface area contributed by atoms with Crippen molar-refractivity contribution in [2.75, 3.05) is 5.32 Å². The second-order valence-corrected chi connectivity index (χ2v) is 8.08. The number of thiophene rings is 1. The molecule has 0 fully saturated rings. The fourth-order valence-corrected chi connectivity index (χ4v) is 4.42. The van der Waals surface area contributed by atoms with E-state index >= 15 is 0 Å². The zero-order valence-corrected chi connectivity index (χ0v) is 17.9. The number of halogens is 1. The maximum atomic E-state index is 13.3. The summed E-state index contributed by atoms with van der Waals surface area (Å²) in [5.41, 5.74) is 2.89. The average Bonchev–Trinajstić information content (AvgIpc) is 3.31. The highest BCUT2D eigenvalue weighted by atomic mass is 32.1. The maximum absolute atomic E-state index is 13.3. The number of hydrogen-bond acceptors (Lipinski definition) is 4. The zero-order valence-electron chi connectivity index (χ0n) is 17.1. The summed E-state index contributed by atoms with van der Waals surface area (Å²) in [6.45, 7) is 4.89. The quantitative estimate of drug-likeness (QED) is 0.458. The van der Waals surface area contributed by atoms with Crippen LogP contribution >= 0.6 is 11.3 Å². The number of imidazole rings is 1. The molecule has 0 aliphatic carbocycles. The molecule has 2 heterocycles. The topological polar surface area (TPSA) is 76.0 Å². The number of aromatic nitrogens is 2. The van der Waals surface area contributed by atoms with Crippen LogP contribution in [0.2, 0.25) is 0 Å². The van der Waals surface area contributed by atoms with Crippen LogP contribution in [0, 0.1) is 12.7 Å². The Labute approximate surface area is 182 Å². The molecule has 2 aromatic carbocycles. The van der Waals surface area contributed by atoms with Gasteiger partial charge in [0.15, 0.2) is 0 Å². The fraction of sp³-hybridized carbons (Fsp3) is 0.174. The first-order valence-corrected chi connectivity index (χ1v) is 10.7. The average molecular weight is 437 g/mol. The molecule has 0 unspecified atom stereocenters. The Morgan fingerprint density at radius 1 is 1.10 bits per heavy atom. The number of hydrogen-bond donors (Lipinski definition) is 2. The summed E-state index contributed by atoms with van der Waals surface area (Å²) in [5, 5.41) is 6.18. The van der Waals surface area contributed by atoms with Gasteiger partial charge in [0.2, 0.25) is 0 Å². The molecule has 8 heteroatoms. The number of aryl methyl sites for hydroxylation is 2. The van der Waals surface area contributed by atoms with E-state index < -0.39 is 11.7 Å². The Kier molecular flexibility index (Phi) is 5.81. The van der Waals surface area contributed by atoms with Gasteiger partial charge in [0, 0.05) is 12.1 Å². The van der Waals surface area contributed by atoms with Gasteiger partial charge in [-0.2, -0.15) is 0 Å². The summed E-state index contributed by atoms with van der Waals surface area (Å²) >= 11 is 1.18. The summed E-state index contributed by atoms with van der Waals surface area (Å²) in [7, 11) is 0. The van der Waals surface area contributed by atoms with E-state index in [1.807, 2.05) is 38.1 Å². The van der Waals surface area contributed by atoms with Crippen molar-refractivity contribution in [1.82, 2.24) is 14.9 Å². The smallest absolute Gasteiger partial charge is 0.262 e. The number of nitrogens with one attached hydrogen (secondary N) is 2. The number of amides is 2. The summed E-state index contributed by atoms with van der Waals surface area (Å²) in [4.78, 5) is 30.2. The van der Waals surface area contributed by atoms with Crippen LogP contribution in [0.5, 0.6) is 0 Å². The number of benzene rings is 2. The minimum Gasteiger partial charge on any atom is -0.344 e. The number of carbonyl (C=O) groups excluding carboxylic acids is 2. The Bertz CT molecular complexity index is 1280. The monoisotopic (exact) mass is 436 g/mol. The van der Waals surface area contributed by atoms with Gasteiger partial charge >= 0.3 is 0 Å². The highest BCUT2D eigenvalue weighted by Crippen LogP contribution is 2.27. The molecule has 0 saturated heterocycles. The van der Waals surface area contributed by atoms with Crippen LogP contribution in [0.4, 0.5) is 9.39 Å². The second-order valence-electron chi connectivity index (χ2n) is 7.03. The Balaban J connectivity index is 1.46. The van der Waals surface area contributed by atoms with E-state index in [1.54, 1.807) is 6.07 Å². The van der Waals surface area contributed by atoms with Gasteiger partial charge in [-0.25, -0.2) is 9.37 Å². The number of carbonyl (C=O) groups is 2. The van der Waals surface area contributed by atoms with Crippen molar-refractivity contribution in [3.8, 4) is 0 Å². The molecule has 0 radical (unpaired) electrons. The minimum atomic E-state index is -0.479. The molecular weight excluding hydrogens is 415 g/mol. The molecule has 2 amide bonds. The zero-order chi connectivity index (χ0) is 22.0. The molecule has 0 aliphatic heterocycles. The lowest BCUT2D eigenvalue weighted by Gasteiger charge is -2.07. The van der Waals surface area contributed by atoms with Crippen molar-refractivity contribution in [1.29, 1.82) is 0 Å². The summed E-state index contributed by atoms with van der Waals surface area (Å²) in [6.07, 6.45) is 0. The molecule has 0 saturated carbocycles. The summed E-state index contributed by atoms with van der Waals surface area (Å²) in [5.74, 6) is -0.355. The molecule has 6 nitrogen and oxygen atoms in total. The first-order chi connectivity index (χ1) is 15.0. The Morgan fingerprint density at radius 2 is 1.90 bits per heavy atom. The van der Waals surface area contributed by atoms with Crippen molar-refractivity contribution >= 4 is 39.2 Å². The van der Waals surface area contributed by atoms with E-state index in [-0.39, 0.29) is 11.5 Å². The van der Waals surface area contributed by atoms with Gasteiger partial charge < -0.3 is 15.2 Å². The lowest BCUT2D eigenvalue weighted by atomic mass is 10.2. The highest BCUT2D eigenvalue weighted by molar-refractivity contribution is 7.18. The van der Waals surface area contributed by atoms with E-state index in [1.165, 1.54) is 35.6 Å². The maximum Gasteiger partial charge on any atom is 0.262 e. The number of nitrogens with zero attached hydrogens (tertiary/aromatic N) is 2. The van der Waals surface area contributed by atoms with Gasteiger partial charge in [-0.1, -0.05) is 18.2 Å². The van der Waals surface area contributed by atoms with Crippen LogP contribution < -0.4 is 10.6 Å². The van der Waals surface area contributed by atoms with Crippen LogP contribution in [0.1, 0.15) is 38.3 Å². The van der Waals surface area contributed by atoms with E-state index in [0.29, 0.717) is 16.4 Å². The van der Waals surface area contributed by atoms with Gasteiger partial charge in [-0.05, 0) is 55.8 Å². The van der Waals surface area contributed by atoms with Crippen molar-refractivity contribution in [3.05, 3.63) is 82.2 Å². The van der Waals surface area contributed by atoms with Crippen molar-refractivity contribution < 1.29 is 14.0 Å². The van der Waals surface area contributed by atoms with Crippen molar-refractivity contribution in [3.63, 3.8) is 0 Å². The molecule has 0 spiro atoms. The van der Waals surface area contributed by atoms with Gasteiger partial charge in [-0.15, -0.1) is 11.3 Å². The first-order valence-electron chi connectivity index (χ1n) is 9.86. The number of rotatable bonds is 6. The minimum absolute atomic E-state index is 0.218. The van der Waals surface area contributed by atoms with Crippen molar-refractivity contribution in [2.45, 2.75) is 26.9 Å². The van der Waals surface area contributed by atoms with Gasteiger partial charge in [-0.3, -0.25) is 9.59 Å². The fourth-order valence-electron chi connectivity index (χ4n) is 3.44. The lowest BCUT2D eigenvalue weighted by molar-refractivity contribution is 0.0952. The SMILES string of the molecule is CCn1c(CNC(=O)c2sc(NC(=O)c3cccc(F)c3)cc2C)nc2ccccc21. The van der Waals surface area contributed by atoms with Crippen molar-refractivity contribution in [2.24, 2.45) is 0 Å². The highest BCUT2D eigenvalue weighted by Gasteiger charge is 2.17. The normalized spacial score (nSPS) is 10.9.